The lowest BCUT2D eigenvalue weighted by molar-refractivity contribution is 0.0939. The monoisotopic (exact) mass is 417 g/mol. The predicted octanol–water partition coefficient (Wildman–Crippen LogP) is 2.80. The zero-order valence-electron chi connectivity index (χ0n) is 15.4. The molecule has 0 unspecified atom stereocenters. The Morgan fingerprint density at radius 1 is 1.29 bits per heavy atom. The second kappa shape index (κ2) is 7.14. The van der Waals surface area contributed by atoms with Crippen LogP contribution in [0.15, 0.2) is 51.8 Å². The standard InChI is InChI=1S/C19H19N3O4S2/c1-12(14-5-3-4-6-16(14)26-2)20-18(23)13-7-8-15-17(11-13)27-19-21-28(24,25)10-9-22(15)19/h3-8,11-12H,9-10H2,1-2H3,(H,20,23)/t12-/m0/s1. The zero-order chi connectivity index (χ0) is 19.9. The Kier molecular flexibility index (Phi) is 4.80. The number of sulfonamides is 1. The lowest BCUT2D eigenvalue weighted by Crippen LogP contribution is -2.35. The van der Waals surface area contributed by atoms with E-state index in [1.807, 2.05) is 42.2 Å². The van der Waals surface area contributed by atoms with Gasteiger partial charge in [0.25, 0.3) is 15.9 Å². The van der Waals surface area contributed by atoms with Crippen LogP contribution in [-0.4, -0.2) is 38.9 Å². The first-order chi connectivity index (χ1) is 13.4. The fourth-order valence-corrected chi connectivity index (χ4v) is 5.55. The van der Waals surface area contributed by atoms with E-state index < -0.39 is 10.0 Å². The van der Waals surface area contributed by atoms with E-state index in [0.717, 1.165) is 21.9 Å². The van der Waals surface area contributed by atoms with Crippen molar-refractivity contribution < 1.29 is 17.9 Å². The van der Waals surface area contributed by atoms with Gasteiger partial charge in [0.05, 0.1) is 24.6 Å². The largest absolute Gasteiger partial charge is 0.496 e. The van der Waals surface area contributed by atoms with E-state index in [-0.39, 0.29) is 17.7 Å². The van der Waals surface area contributed by atoms with Gasteiger partial charge in [-0.05, 0) is 43.0 Å². The topological polar surface area (TPSA) is 88.1 Å². The number of rotatable bonds is 4. The molecule has 2 aliphatic rings. The number of amidine groups is 1. The van der Waals surface area contributed by atoms with Gasteiger partial charge in [-0.1, -0.05) is 18.2 Å². The lowest BCUT2D eigenvalue weighted by Gasteiger charge is -2.22. The number of methoxy groups -OCH3 is 1. The summed E-state index contributed by atoms with van der Waals surface area (Å²) in [5.74, 6) is 0.506. The Bertz CT molecular complexity index is 1080. The average molecular weight is 418 g/mol. The van der Waals surface area contributed by atoms with E-state index in [1.165, 1.54) is 11.8 Å². The molecule has 0 aliphatic carbocycles. The molecule has 146 valence electrons. The van der Waals surface area contributed by atoms with Crippen molar-refractivity contribution in [3.05, 3.63) is 53.6 Å². The molecule has 0 saturated heterocycles. The molecule has 4 rings (SSSR count). The smallest absolute Gasteiger partial charge is 0.257 e. The number of nitrogens with zero attached hydrogens (tertiary/aromatic N) is 2. The van der Waals surface area contributed by atoms with Crippen molar-refractivity contribution in [2.24, 2.45) is 4.40 Å². The van der Waals surface area contributed by atoms with Gasteiger partial charge in [-0.3, -0.25) is 4.79 Å². The van der Waals surface area contributed by atoms with Gasteiger partial charge in [-0.15, -0.1) is 4.40 Å². The predicted molar refractivity (Wildman–Crippen MR) is 110 cm³/mol. The van der Waals surface area contributed by atoms with Crippen molar-refractivity contribution in [1.29, 1.82) is 0 Å². The highest BCUT2D eigenvalue weighted by molar-refractivity contribution is 8.15. The number of ether oxygens (including phenoxy) is 1. The highest BCUT2D eigenvalue weighted by Crippen LogP contribution is 2.42. The summed E-state index contributed by atoms with van der Waals surface area (Å²) >= 11 is 1.27. The third-order valence-electron chi connectivity index (χ3n) is 4.69. The fourth-order valence-electron chi connectivity index (χ4n) is 3.25. The number of para-hydroxylation sites is 1. The third-order valence-corrected chi connectivity index (χ3v) is 6.99. The summed E-state index contributed by atoms with van der Waals surface area (Å²) in [6, 6.07) is 12.7. The molecule has 7 nitrogen and oxygen atoms in total. The van der Waals surface area contributed by atoms with Gasteiger partial charge in [0.1, 0.15) is 5.75 Å². The van der Waals surface area contributed by atoms with Crippen LogP contribution in [0.4, 0.5) is 5.69 Å². The first-order valence-electron chi connectivity index (χ1n) is 8.74. The van der Waals surface area contributed by atoms with Crippen LogP contribution in [0.2, 0.25) is 0 Å². The summed E-state index contributed by atoms with van der Waals surface area (Å²) in [7, 11) is -1.80. The summed E-state index contributed by atoms with van der Waals surface area (Å²) < 4.78 is 32.7. The molecule has 1 amide bonds. The normalized spacial score (nSPS) is 17.9. The summed E-state index contributed by atoms with van der Waals surface area (Å²) in [5.41, 5.74) is 2.29. The Balaban J connectivity index is 1.55. The van der Waals surface area contributed by atoms with Gasteiger partial charge in [-0.2, -0.15) is 0 Å². The van der Waals surface area contributed by atoms with E-state index in [2.05, 4.69) is 9.71 Å². The molecule has 0 saturated carbocycles. The number of thioether (sulfide) groups is 1. The number of carbonyl (C=O) groups excluding carboxylic acids is 1. The van der Waals surface area contributed by atoms with Crippen molar-refractivity contribution in [3.63, 3.8) is 0 Å². The maximum atomic E-state index is 12.7. The Morgan fingerprint density at radius 2 is 2.07 bits per heavy atom. The summed E-state index contributed by atoms with van der Waals surface area (Å²) in [5, 5.41) is 3.43. The molecule has 28 heavy (non-hydrogen) atoms. The molecule has 0 fully saturated rings. The molecule has 2 aromatic rings. The maximum Gasteiger partial charge on any atom is 0.257 e. The molecular formula is C19H19N3O4S2. The summed E-state index contributed by atoms with van der Waals surface area (Å²) in [6.07, 6.45) is 0. The molecular weight excluding hydrogens is 398 g/mol. The van der Waals surface area contributed by atoms with Crippen LogP contribution in [0, 0.1) is 0 Å². The highest BCUT2D eigenvalue weighted by Gasteiger charge is 2.33. The van der Waals surface area contributed by atoms with Gasteiger partial charge < -0.3 is 15.0 Å². The zero-order valence-corrected chi connectivity index (χ0v) is 17.0. The number of benzene rings is 2. The third kappa shape index (κ3) is 3.47. The van der Waals surface area contributed by atoms with Crippen LogP contribution < -0.4 is 15.0 Å². The highest BCUT2D eigenvalue weighted by atomic mass is 32.2. The second-order valence-corrected chi connectivity index (χ2v) is 9.30. The van der Waals surface area contributed by atoms with Crippen molar-refractivity contribution in [2.75, 3.05) is 24.3 Å². The molecule has 1 N–H and O–H groups in total. The van der Waals surface area contributed by atoms with Crippen LogP contribution in [0.1, 0.15) is 28.9 Å². The van der Waals surface area contributed by atoms with E-state index >= 15 is 0 Å². The molecule has 0 spiro atoms. The summed E-state index contributed by atoms with van der Waals surface area (Å²) in [6.45, 7) is 2.27. The fraction of sp³-hybridized carbons (Fsp3) is 0.263. The summed E-state index contributed by atoms with van der Waals surface area (Å²) in [4.78, 5) is 15.4. The van der Waals surface area contributed by atoms with Crippen LogP contribution in [0.5, 0.6) is 5.75 Å². The van der Waals surface area contributed by atoms with Gasteiger partial charge in [0.2, 0.25) is 0 Å². The van der Waals surface area contributed by atoms with Crippen molar-refractivity contribution in [2.45, 2.75) is 17.9 Å². The molecule has 0 bridgehead atoms. The quantitative estimate of drug-likeness (QED) is 0.823. The van der Waals surface area contributed by atoms with Crippen molar-refractivity contribution in [3.8, 4) is 5.75 Å². The number of nitrogens with one attached hydrogen (secondary N) is 1. The maximum absolute atomic E-state index is 12.7. The number of carbonyl (C=O) groups is 1. The molecule has 0 aromatic heterocycles. The van der Waals surface area contributed by atoms with Crippen molar-refractivity contribution in [1.82, 2.24) is 5.32 Å². The van der Waals surface area contributed by atoms with Gasteiger partial charge in [-0.25, -0.2) is 8.42 Å². The van der Waals surface area contributed by atoms with Gasteiger partial charge in [0.15, 0.2) is 5.17 Å². The van der Waals surface area contributed by atoms with Crippen molar-refractivity contribution >= 4 is 38.5 Å². The first-order valence-corrected chi connectivity index (χ1v) is 11.2. The van der Waals surface area contributed by atoms with Gasteiger partial charge in [0, 0.05) is 22.6 Å². The van der Waals surface area contributed by atoms with E-state index in [1.54, 1.807) is 19.2 Å². The second-order valence-electron chi connectivity index (χ2n) is 6.53. The van der Waals surface area contributed by atoms with Crippen LogP contribution in [0.3, 0.4) is 0 Å². The van der Waals surface area contributed by atoms with Gasteiger partial charge >= 0.3 is 0 Å². The average Bonchev–Trinajstić information content (AvgIpc) is 3.02. The number of anilines is 1. The minimum atomic E-state index is -3.40. The number of hydrogen-bond acceptors (Lipinski definition) is 6. The molecule has 2 aliphatic heterocycles. The minimum Gasteiger partial charge on any atom is -0.496 e. The molecule has 9 heteroatoms. The molecule has 2 heterocycles. The Hall–Kier alpha value is -2.52. The number of hydrogen-bond donors (Lipinski definition) is 1. The lowest BCUT2D eigenvalue weighted by atomic mass is 10.1. The van der Waals surface area contributed by atoms with Crippen LogP contribution in [0.25, 0.3) is 0 Å². The number of amides is 1. The molecule has 1 atom stereocenters. The van der Waals surface area contributed by atoms with E-state index in [0.29, 0.717) is 17.3 Å². The van der Waals surface area contributed by atoms with E-state index in [4.69, 9.17) is 4.74 Å². The van der Waals surface area contributed by atoms with Crippen LogP contribution >= 0.6 is 11.8 Å². The Morgan fingerprint density at radius 3 is 2.86 bits per heavy atom. The van der Waals surface area contributed by atoms with E-state index in [9.17, 15) is 13.2 Å². The Labute approximate surface area is 167 Å². The molecule has 0 radical (unpaired) electrons. The number of fused-ring (bicyclic) bond motifs is 3. The minimum absolute atomic E-state index is 0.00480. The molecule has 2 aromatic carbocycles. The SMILES string of the molecule is COc1ccccc1[C@H](C)NC(=O)c1ccc2c(c1)SC1=NS(=O)(=O)CCN12. The first kappa shape index (κ1) is 18.8. The van der Waals surface area contributed by atoms with Crippen LogP contribution in [-0.2, 0) is 10.0 Å².